The molecule has 0 bridgehead atoms. The minimum Gasteiger partial charge on any atom is -0.372 e. The maximum absolute atomic E-state index is 10.3. The van der Waals surface area contributed by atoms with Gasteiger partial charge in [-0.05, 0) is 12.8 Å². The van der Waals surface area contributed by atoms with Crippen molar-refractivity contribution in [2.75, 3.05) is 13.2 Å². The summed E-state index contributed by atoms with van der Waals surface area (Å²) in [5, 5.41) is 0. The first-order valence-electron chi connectivity index (χ1n) is 4.49. The van der Waals surface area contributed by atoms with Crippen molar-refractivity contribution >= 4 is 5.91 Å². The molecule has 0 aliphatic heterocycles. The average molecular weight is 195 g/mol. The van der Waals surface area contributed by atoms with Crippen LogP contribution in [0.4, 0.5) is 0 Å². The molecule has 0 saturated heterocycles. The summed E-state index contributed by atoms with van der Waals surface area (Å²) in [7, 11) is 0. The van der Waals surface area contributed by atoms with Crippen LogP contribution in [0.15, 0.2) is 37.0 Å². The van der Waals surface area contributed by atoms with Gasteiger partial charge in [-0.15, -0.1) is 0 Å². The second kappa shape index (κ2) is 8.26. The Kier molecular flexibility index (Phi) is 7.46. The number of ether oxygens (including phenoxy) is 1. The summed E-state index contributed by atoms with van der Waals surface area (Å²) in [5.41, 5.74) is 5.92. The van der Waals surface area contributed by atoms with E-state index in [-0.39, 0.29) is 6.61 Å². The molecular formula is C11H17NO2. The quantitative estimate of drug-likeness (QED) is 0.472. The van der Waals surface area contributed by atoms with Crippen LogP contribution in [-0.2, 0) is 9.53 Å². The molecule has 1 amide bonds. The van der Waals surface area contributed by atoms with Gasteiger partial charge in [0.05, 0.1) is 0 Å². The predicted molar refractivity (Wildman–Crippen MR) is 57.7 cm³/mol. The van der Waals surface area contributed by atoms with Gasteiger partial charge in [0.15, 0.2) is 0 Å². The molecule has 3 nitrogen and oxygen atoms in total. The van der Waals surface area contributed by atoms with Crippen LogP contribution in [0, 0.1) is 0 Å². The summed E-state index contributed by atoms with van der Waals surface area (Å²) in [6, 6.07) is 0. The van der Waals surface area contributed by atoms with Crippen molar-refractivity contribution in [2.45, 2.75) is 12.8 Å². The molecule has 0 saturated carbocycles. The Morgan fingerprint density at radius 2 is 2.21 bits per heavy atom. The number of allylic oxidation sites excluding steroid dienone is 4. The summed E-state index contributed by atoms with van der Waals surface area (Å²) in [6.07, 6.45) is 7.14. The lowest BCUT2D eigenvalue weighted by molar-refractivity contribution is -0.122. The summed E-state index contributed by atoms with van der Waals surface area (Å²) < 4.78 is 4.99. The number of hydrogen-bond donors (Lipinski definition) is 1. The van der Waals surface area contributed by atoms with Gasteiger partial charge < -0.3 is 10.5 Å². The van der Waals surface area contributed by atoms with Crippen LogP contribution in [0.25, 0.3) is 0 Å². The normalized spacial score (nSPS) is 10.3. The minimum absolute atomic E-state index is 0.00499. The molecule has 0 fully saturated rings. The van der Waals surface area contributed by atoms with Gasteiger partial charge in [-0.25, -0.2) is 0 Å². The third-order valence-corrected chi connectivity index (χ3v) is 1.50. The number of amides is 1. The number of primary amides is 1. The van der Waals surface area contributed by atoms with Crippen LogP contribution in [0.5, 0.6) is 0 Å². The first-order chi connectivity index (χ1) is 6.66. The lowest BCUT2D eigenvalue weighted by Gasteiger charge is -2.01. The molecule has 0 radical (unpaired) electrons. The first-order valence-corrected chi connectivity index (χ1v) is 4.49. The molecule has 0 heterocycles. The van der Waals surface area contributed by atoms with Crippen LogP contribution in [0.1, 0.15) is 12.8 Å². The summed E-state index contributed by atoms with van der Waals surface area (Å²) in [5.74, 6) is -0.435. The van der Waals surface area contributed by atoms with E-state index in [0.717, 1.165) is 18.4 Å². The van der Waals surface area contributed by atoms with Gasteiger partial charge in [0.1, 0.15) is 6.61 Å². The molecule has 0 aromatic heterocycles. The van der Waals surface area contributed by atoms with Gasteiger partial charge >= 0.3 is 0 Å². The summed E-state index contributed by atoms with van der Waals surface area (Å²) in [4.78, 5) is 10.3. The lowest BCUT2D eigenvalue weighted by Crippen LogP contribution is -2.18. The number of rotatable bonds is 8. The van der Waals surface area contributed by atoms with Crippen molar-refractivity contribution in [3.8, 4) is 0 Å². The first kappa shape index (κ1) is 12.7. The Hall–Kier alpha value is -1.35. The van der Waals surface area contributed by atoms with Crippen LogP contribution in [0.3, 0.4) is 0 Å². The summed E-state index contributed by atoms with van der Waals surface area (Å²) >= 11 is 0. The fourth-order valence-electron chi connectivity index (χ4n) is 0.862. The van der Waals surface area contributed by atoms with Crippen LogP contribution in [-0.4, -0.2) is 19.1 Å². The Morgan fingerprint density at radius 3 is 2.79 bits per heavy atom. The van der Waals surface area contributed by atoms with E-state index in [2.05, 4.69) is 13.2 Å². The molecule has 0 aliphatic carbocycles. The molecule has 2 N–H and O–H groups in total. The van der Waals surface area contributed by atoms with Crippen molar-refractivity contribution < 1.29 is 9.53 Å². The van der Waals surface area contributed by atoms with Crippen molar-refractivity contribution in [3.05, 3.63) is 37.0 Å². The Balaban J connectivity index is 3.36. The molecule has 0 aromatic rings. The van der Waals surface area contributed by atoms with Crippen molar-refractivity contribution in [1.82, 2.24) is 0 Å². The van der Waals surface area contributed by atoms with Crippen molar-refractivity contribution in [1.29, 1.82) is 0 Å². The highest BCUT2D eigenvalue weighted by atomic mass is 16.5. The second-order valence-electron chi connectivity index (χ2n) is 2.88. The van der Waals surface area contributed by atoms with Gasteiger partial charge in [-0.1, -0.05) is 37.0 Å². The molecule has 14 heavy (non-hydrogen) atoms. The Labute approximate surface area is 84.9 Å². The van der Waals surface area contributed by atoms with Crippen molar-refractivity contribution in [3.63, 3.8) is 0 Å². The van der Waals surface area contributed by atoms with Crippen molar-refractivity contribution in [2.24, 2.45) is 5.73 Å². The van der Waals surface area contributed by atoms with E-state index < -0.39 is 5.91 Å². The number of nitrogens with two attached hydrogens (primary N) is 1. The molecule has 0 rings (SSSR count). The fourth-order valence-corrected chi connectivity index (χ4v) is 0.862. The monoisotopic (exact) mass is 195 g/mol. The molecule has 78 valence electrons. The zero-order valence-corrected chi connectivity index (χ0v) is 8.37. The van der Waals surface area contributed by atoms with E-state index in [1.54, 1.807) is 6.08 Å². The molecular weight excluding hydrogens is 178 g/mol. The molecule has 0 aromatic carbocycles. The minimum atomic E-state index is -0.435. The topological polar surface area (TPSA) is 52.3 Å². The SMILES string of the molecule is C=C/C=C\C(=C)CCCOCC(N)=O. The highest BCUT2D eigenvalue weighted by Gasteiger charge is 1.94. The zero-order chi connectivity index (χ0) is 10.8. The Bertz CT molecular complexity index is 231. The van der Waals surface area contributed by atoms with Crippen LogP contribution in [0.2, 0.25) is 0 Å². The highest BCUT2D eigenvalue weighted by Crippen LogP contribution is 2.03. The highest BCUT2D eigenvalue weighted by molar-refractivity contribution is 5.74. The van der Waals surface area contributed by atoms with Gasteiger partial charge in [-0.3, -0.25) is 4.79 Å². The number of hydrogen-bond acceptors (Lipinski definition) is 2. The Morgan fingerprint density at radius 1 is 1.50 bits per heavy atom. The van der Waals surface area contributed by atoms with E-state index in [1.165, 1.54) is 0 Å². The van der Waals surface area contributed by atoms with Crippen LogP contribution < -0.4 is 5.73 Å². The average Bonchev–Trinajstić information content (AvgIpc) is 2.13. The number of carbonyl (C=O) groups is 1. The van der Waals surface area contributed by atoms with E-state index >= 15 is 0 Å². The maximum Gasteiger partial charge on any atom is 0.243 e. The van der Waals surface area contributed by atoms with Gasteiger partial charge in [0.25, 0.3) is 0 Å². The molecule has 3 heteroatoms. The van der Waals surface area contributed by atoms with Gasteiger partial charge in [0, 0.05) is 6.61 Å². The van der Waals surface area contributed by atoms with Gasteiger partial charge in [0.2, 0.25) is 5.91 Å². The molecule has 0 aliphatic rings. The predicted octanol–water partition coefficient (Wildman–Crippen LogP) is 1.57. The number of carbonyl (C=O) groups excluding carboxylic acids is 1. The standard InChI is InChI=1S/C11H17NO2/c1-3-4-6-10(2)7-5-8-14-9-11(12)13/h3-4,6H,1-2,5,7-9H2,(H2,12,13)/b6-4-. The second-order valence-corrected chi connectivity index (χ2v) is 2.88. The van der Waals surface area contributed by atoms with Gasteiger partial charge in [-0.2, -0.15) is 0 Å². The fraction of sp³-hybridized carbons (Fsp3) is 0.364. The van der Waals surface area contributed by atoms with Crippen LogP contribution >= 0.6 is 0 Å². The maximum atomic E-state index is 10.3. The molecule has 0 atom stereocenters. The third-order valence-electron chi connectivity index (χ3n) is 1.50. The van der Waals surface area contributed by atoms with E-state index in [4.69, 9.17) is 10.5 Å². The van der Waals surface area contributed by atoms with E-state index in [1.807, 2.05) is 12.2 Å². The van der Waals surface area contributed by atoms with E-state index in [9.17, 15) is 4.79 Å². The molecule has 0 unspecified atom stereocenters. The molecule has 0 spiro atoms. The third kappa shape index (κ3) is 8.74. The zero-order valence-electron chi connectivity index (χ0n) is 8.37. The van der Waals surface area contributed by atoms with E-state index in [0.29, 0.717) is 6.61 Å². The smallest absolute Gasteiger partial charge is 0.243 e. The largest absolute Gasteiger partial charge is 0.372 e. The lowest BCUT2D eigenvalue weighted by atomic mass is 10.1. The summed E-state index contributed by atoms with van der Waals surface area (Å²) in [6.45, 7) is 7.93.